The van der Waals surface area contributed by atoms with E-state index >= 15 is 0 Å². The van der Waals surface area contributed by atoms with Crippen molar-refractivity contribution in [1.82, 2.24) is 0 Å². The minimum Gasteiger partial charge on any atom is -0.507 e. The molecule has 0 aliphatic heterocycles. The Morgan fingerprint density at radius 2 is 0.926 bits per heavy atom. The lowest BCUT2D eigenvalue weighted by Gasteiger charge is -2.29. The van der Waals surface area contributed by atoms with E-state index in [0.29, 0.717) is 0 Å². The summed E-state index contributed by atoms with van der Waals surface area (Å²) in [6, 6.07) is 94.1. The molecule has 0 amide bonds. The van der Waals surface area contributed by atoms with Gasteiger partial charge in [-0.2, -0.15) is 0 Å². The van der Waals surface area contributed by atoms with E-state index in [1.54, 1.807) is 6.07 Å². The number of para-hydroxylation sites is 3. The summed E-state index contributed by atoms with van der Waals surface area (Å²) in [6.07, 6.45) is 9.76. The monoisotopic (exact) mass is 1040 g/mol. The van der Waals surface area contributed by atoms with E-state index in [2.05, 4.69) is 265 Å². The molecule has 384 valence electrons. The van der Waals surface area contributed by atoms with Crippen LogP contribution in [0.3, 0.4) is 0 Å². The van der Waals surface area contributed by atoms with Gasteiger partial charge >= 0.3 is 0 Å². The normalized spacial score (nSPS) is 13.2. The summed E-state index contributed by atoms with van der Waals surface area (Å²) >= 11 is 0. The van der Waals surface area contributed by atoms with Crippen molar-refractivity contribution in [2.45, 2.75) is 12.3 Å². The lowest BCUT2D eigenvalue weighted by molar-refractivity contribution is 0.477. The van der Waals surface area contributed by atoms with Gasteiger partial charge in [0.25, 0.3) is 0 Å². The van der Waals surface area contributed by atoms with E-state index in [0.717, 1.165) is 140 Å². The fraction of sp³-hybridized carbons (Fsp3) is 0.0263. The van der Waals surface area contributed by atoms with Gasteiger partial charge in [0.2, 0.25) is 0 Å². The van der Waals surface area contributed by atoms with E-state index in [4.69, 9.17) is 8.83 Å². The number of hydrogen-bond donors (Lipinski definition) is 1. The average Bonchev–Trinajstić information content (AvgIpc) is 3.86. The predicted octanol–water partition coefficient (Wildman–Crippen LogP) is 21.6. The number of allylic oxidation sites excluding steroid dienone is 4. The number of furan rings is 2. The number of fused-ring (bicyclic) bond motifs is 8. The molecular formula is C76H52N2O3. The molecule has 0 fully saturated rings. The van der Waals surface area contributed by atoms with Gasteiger partial charge in [0.05, 0.1) is 17.1 Å². The number of phenolic OH excluding ortho intramolecular Hbond substituents is 1. The lowest BCUT2D eigenvalue weighted by Crippen LogP contribution is -2.12. The van der Waals surface area contributed by atoms with Gasteiger partial charge in [-0.1, -0.05) is 206 Å². The Morgan fingerprint density at radius 1 is 0.346 bits per heavy atom. The van der Waals surface area contributed by atoms with Crippen LogP contribution in [0.15, 0.2) is 300 Å². The van der Waals surface area contributed by atoms with Crippen molar-refractivity contribution in [3.63, 3.8) is 0 Å². The van der Waals surface area contributed by atoms with Gasteiger partial charge in [-0.25, -0.2) is 0 Å². The van der Waals surface area contributed by atoms with Crippen molar-refractivity contribution >= 4 is 88.8 Å². The number of rotatable bonds is 11. The zero-order valence-electron chi connectivity index (χ0n) is 44.2. The lowest BCUT2D eigenvalue weighted by atomic mass is 9.89. The molecule has 14 aromatic rings. The fourth-order valence-electron chi connectivity index (χ4n) is 12.2. The third-order valence-corrected chi connectivity index (χ3v) is 16.0. The topological polar surface area (TPSA) is 53.0 Å². The highest BCUT2D eigenvalue weighted by Crippen LogP contribution is 2.50. The van der Waals surface area contributed by atoms with E-state index < -0.39 is 0 Å². The fourth-order valence-corrected chi connectivity index (χ4v) is 12.2. The second kappa shape index (κ2) is 20.0. The van der Waals surface area contributed by atoms with Crippen LogP contribution in [0.2, 0.25) is 0 Å². The number of nitrogens with zero attached hydrogens (tertiary/aromatic N) is 2. The van der Waals surface area contributed by atoms with Crippen LogP contribution in [0, 0.1) is 0 Å². The van der Waals surface area contributed by atoms with Crippen LogP contribution in [-0.2, 0) is 0 Å². The minimum atomic E-state index is 0.194. The Labute approximate surface area is 469 Å². The molecule has 5 nitrogen and oxygen atoms in total. The summed E-state index contributed by atoms with van der Waals surface area (Å²) in [5.41, 5.74) is 18.5. The van der Waals surface area contributed by atoms with Crippen LogP contribution in [0.4, 0.5) is 34.1 Å². The molecule has 0 radical (unpaired) electrons. The van der Waals surface area contributed by atoms with Crippen LogP contribution in [-0.4, -0.2) is 5.11 Å². The average molecular weight is 1040 g/mol. The molecule has 1 atom stereocenters. The quantitative estimate of drug-likeness (QED) is 0.140. The largest absolute Gasteiger partial charge is 0.507 e. The molecule has 5 heteroatoms. The molecule has 2 heterocycles. The van der Waals surface area contributed by atoms with Crippen LogP contribution >= 0.6 is 0 Å². The summed E-state index contributed by atoms with van der Waals surface area (Å²) < 4.78 is 14.2. The van der Waals surface area contributed by atoms with Crippen molar-refractivity contribution in [3.05, 3.63) is 297 Å². The maximum atomic E-state index is 11.2. The first-order valence-corrected chi connectivity index (χ1v) is 27.6. The first-order chi connectivity index (χ1) is 40.1. The van der Waals surface area contributed by atoms with Gasteiger partial charge < -0.3 is 23.7 Å². The molecular weight excluding hydrogens is 989 g/mol. The highest BCUT2D eigenvalue weighted by Gasteiger charge is 2.26. The van der Waals surface area contributed by atoms with Crippen molar-refractivity contribution in [3.8, 4) is 50.3 Å². The molecule has 1 aliphatic carbocycles. The van der Waals surface area contributed by atoms with Crippen molar-refractivity contribution in [1.29, 1.82) is 0 Å². The number of phenols is 1. The third-order valence-electron chi connectivity index (χ3n) is 16.0. The summed E-state index contributed by atoms with van der Waals surface area (Å²) in [4.78, 5) is 4.70. The molecule has 0 bridgehead atoms. The number of anilines is 6. The first-order valence-electron chi connectivity index (χ1n) is 27.6. The Balaban J connectivity index is 0.965. The molecule has 81 heavy (non-hydrogen) atoms. The van der Waals surface area contributed by atoms with E-state index in [1.165, 1.54) is 5.56 Å². The standard InChI is InChI=1S/C76H52N2O3/c79-71-37-17-15-31-63(71)54-29-19-30-59(43-54)78(62-46-57(52-25-9-3-10-26-52)42-58(47-62)53-27-11-4-12-28-53)70-49-74-75(66-34-14-13-32-64(66)70)68-40-39-60(48-73(68)80-74)77(69-36-20-35-67-65-33-16-18-38-72(65)81-76(67)69)61-44-55(50-21-5-1-6-22-50)41-56(45-61)51-23-7-2-8-24-51/h1-27,29-49,53,79H,28H2. The van der Waals surface area contributed by atoms with Crippen LogP contribution in [0.1, 0.15) is 17.9 Å². The molecule has 15 rings (SSSR count). The zero-order chi connectivity index (χ0) is 53.8. The summed E-state index contributed by atoms with van der Waals surface area (Å²) in [5.74, 6) is 0.424. The smallest absolute Gasteiger partial charge is 0.159 e. The van der Waals surface area contributed by atoms with Gasteiger partial charge in [-0.15, -0.1) is 0 Å². The van der Waals surface area contributed by atoms with Gasteiger partial charge in [0.15, 0.2) is 5.58 Å². The summed E-state index contributed by atoms with van der Waals surface area (Å²) in [5, 5.41) is 17.5. The van der Waals surface area contributed by atoms with Crippen LogP contribution < -0.4 is 9.80 Å². The van der Waals surface area contributed by atoms with Crippen LogP contribution in [0.5, 0.6) is 5.75 Å². The van der Waals surface area contributed by atoms with Gasteiger partial charge in [-0.3, -0.25) is 0 Å². The molecule has 12 aromatic carbocycles. The molecule has 0 saturated carbocycles. The summed E-state index contributed by atoms with van der Waals surface area (Å²) in [7, 11) is 0. The second-order valence-electron chi connectivity index (χ2n) is 20.9. The summed E-state index contributed by atoms with van der Waals surface area (Å²) in [6.45, 7) is 0. The number of benzene rings is 12. The highest BCUT2D eigenvalue weighted by molar-refractivity contribution is 6.23. The van der Waals surface area contributed by atoms with E-state index in [1.807, 2.05) is 30.3 Å². The molecule has 1 aliphatic rings. The maximum Gasteiger partial charge on any atom is 0.159 e. The Morgan fingerprint density at radius 3 is 1.64 bits per heavy atom. The van der Waals surface area contributed by atoms with E-state index in [-0.39, 0.29) is 11.7 Å². The molecule has 2 aromatic heterocycles. The molecule has 0 saturated heterocycles. The van der Waals surface area contributed by atoms with Gasteiger partial charge in [0.1, 0.15) is 22.5 Å². The molecule has 1 N–H and O–H groups in total. The zero-order valence-corrected chi connectivity index (χ0v) is 44.2. The van der Waals surface area contributed by atoms with Crippen molar-refractivity contribution < 1.29 is 13.9 Å². The molecule has 0 spiro atoms. The Hall–Kier alpha value is -10.6. The second-order valence-corrected chi connectivity index (χ2v) is 20.9. The minimum absolute atomic E-state index is 0.194. The number of aromatic hydroxyl groups is 1. The maximum absolute atomic E-state index is 11.2. The van der Waals surface area contributed by atoms with Gasteiger partial charge in [-0.05, 0) is 129 Å². The van der Waals surface area contributed by atoms with Crippen molar-refractivity contribution in [2.24, 2.45) is 0 Å². The predicted molar refractivity (Wildman–Crippen MR) is 337 cm³/mol. The van der Waals surface area contributed by atoms with Crippen LogP contribution in [0.25, 0.3) is 99.2 Å². The SMILES string of the molecule is Oc1ccccc1-c1cccc(N(c2cc(-c3ccccc3)cc(C3C=CC=CC3)c2)c2cc3oc4cc(N(c5cc(-c6ccccc6)cc(-c6ccccc6)c5)c5cccc6c5oc5ccccc56)ccc4c3c3ccccc23)c1. The molecule has 1 unspecified atom stereocenters. The third kappa shape index (κ3) is 8.60. The number of hydrogen-bond acceptors (Lipinski definition) is 5. The van der Waals surface area contributed by atoms with Crippen molar-refractivity contribution in [2.75, 3.05) is 9.80 Å². The Kier molecular flexibility index (Phi) is 11.7. The highest BCUT2D eigenvalue weighted by atomic mass is 16.3. The Bertz CT molecular complexity index is 4710. The van der Waals surface area contributed by atoms with E-state index in [9.17, 15) is 5.11 Å². The van der Waals surface area contributed by atoms with Gasteiger partial charge in [0, 0.05) is 67.6 Å². The first kappa shape index (κ1) is 47.6.